The molecule has 1 aliphatic heterocycles. The molecule has 0 atom stereocenters. The van der Waals surface area contributed by atoms with Gasteiger partial charge in [0.2, 0.25) is 0 Å². The Morgan fingerprint density at radius 1 is 0.919 bits per heavy atom. The van der Waals surface area contributed by atoms with Crippen LogP contribution in [0.1, 0.15) is 48.4 Å². The fourth-order valence-corrected chi connectivity index (χ4v) is 4.91. The van der Waals surface area contributed by atoms with Gasteiger partial charge in [-0.1, -0.05) is 32.9 Å². The highest BCUT2D eigenvalue weighted by Crippen LogP contribution is 2.26. The summed E-state index contributed by atoms with van der Waals surface area (Å²) in [6.45, 7) is 9.76. The summed E-state index contributed by atoms with van der Waals surface area (Å²) >= 11 is 0. The lowest BCUT2D eigenvalue weighted by atomic mass is 10.0. The zero-order valence-electron chi connectivity index (χ0n) is 21.6. The molecule has 1 N–H and O–H groups in total. The number of Topliss-reactive ketones (excluding diaryl/α,β-unsaturated/α-hetero) is 1. The van der Waals surface area contributed by atoms with Crippen molar-refractivity contribution < 1.29 is 9.59 Å². The molecule has 0 radical (unpaired) electrons. The molecular formula is C30H33N5O2. The zero-order chi connectivity index (χ0) is 25.9. The predicted octanol–water partition coefficient (Wildman–Crippen LogP) is 5.17. The quantitative estimate of drug-likeness (QED) is 0.283. The molecule has 0 saturated carbocycles. The van der Waals surface area contributed by atoms with Crippen molar-refractivity contribution in [3.05, 3.63) is 89.9 Å². The number of nitrogens with one attached hydrogen (secondary N) is 1. The van der Waals surface area contributed by atoms with Crippen molar-refractivity contribution in [2.24, 2.45) is 0 Å². The first-order valence-electron chi connectivity index (χ1n) is 13.0. The van der Waals surface area contributed by atoms with Gasteiger partial charge in [-0.2, -0.15) is 0 Å². The average molecular weight is 496 g/mol. The number of rotatable bonds is 7. The molecule has 0 aliphatic carbocycles. The number of amides is 1. The van der Waals surface area contributed by atoms with Crippen molar-refractivity contribution in [1.29, 1.82) is 0 Å². The number of hydrogen-bond donors (Lipinski definition) is 1. The van der Waals surface area contributed by atoms with Crippen molar-refractivity contribution in [3.8, 4) is 0 Å². The van der Waals surface area contributed by atoms with Crippen molar-refractivity contribution in [1.82, 2.24) is 9.38 Å². The topological polar surface area (TPSA) is 70.0 Å². The Hall–Kier alpha value is -4.13. The molecule has 5 rings (SSSR count). The second-order valence-electron chi connectivity index (χ2n) is 9.74. The summed E-state index contributed by atoms with van der Waals surface area (Å²) in [6, 6.07) is 21.7. The fraction of sp³-hybridized carbons (Fsp3) is 0.300. The SMILES string of the molecule is CCc1cccc(N2CCN(c3ccc(NC(=O)C(=O)c4c(C(C)C)cc5ccccn45)cc3)CC2)n1. The maximum absolute atomic E-state index is 13.2. The van der Waals surface area contributed by atoms with Crippen molar-refractivity contribution >= 4 is 34.4 Å². The van der Waals surface area contributed by atoms with Crippen LogP contribution in [0.25, 0.3) is 5.52 Å². The van der Waals surface area contributed by atoms with Gasteiger partial charge in [-0.15, -0.1) is 0 Å². The average Bonchev–Trinajstić information content (AvgIpc) is 3.33. The van der Waals surface area contributed by atoms with E-state index >= 15 is 0 Å². The smallest absolute Gasteiger partial charge is 0.298 e. The second kappa shape index (κ2) is 10.5. The maximum atomic E-state index is 13.2. The van der Waals surface area contributed by atoms with Crippen LogP contribution in [0.15, 0.2) is 72.9 Å². The summed E-state index contributed by atoms with van der Waals surface area (Å²) in [5.74, 6) is 0.000612. The van der Waals surface area contributed by atoms with Crippen LogP contribution in [-0.2, 0) is 11.2 Å². The van der Waals surface area contributed by atoms with Crippen molar-refractivity contribution in [3.63, 3.8) is 0 Å². The molecule has 0 bridgehead atoms. The van der Waals surface area contributed by atoms with E-state index in [4.69, 9.17) is 4.98 Å². The zero-order valence-corrected chi connectivity index (χ0v) is 21.6. The fourth-order valence-electron chi connectivity index (χ4n) is 4.91. The van der Waals surface area contributed by atoms with Crippen LogP contribution in [0, 0.1) is 0 Å². The maximum Gasteiger partial charge on any atom is 0.298 e. The van der Waals surface area contributed by atoms with Gasteiger partial charge in [0.05, 0.1) is 0 Å². The van der Waals surface area contributed by atoms with Crippen LogP contribution in [0.3, 0.4) is 0 Å². The number of piperazine rings is 1. The Bertz CT molecular complexity index is 1420. The summed E-state index contributed by atoms with van der Waals surface area (Å²) < 4.78 is 1.80. The second-order valence-corrected chi connectivity index (χ2v) is 9.74. The lowest BCUT2D eigenvalue weighted by molar-refractivity contribution is -0.112. The molecule has 1 saturated heterocycles. The minimum absolute atomic E-state index is 0.123. The first-order valence-corrected chi connectivity index (χ1v) is 13.0. The normalized spacial score (nSPS) is 13.8. The van der Waals surface area contributed by atoms with Crippen LogP contribution >= 0.6 is 0 Å². The summed E-state index contributed by atoms with van der Waals surface area (Å²) in [5, 5.41) is 2.79. The van der Waals surface area contributed by atoms with Gasteiger partial charge in [0.15, 0.2) is 0 Å². The van der Waals surface area contributed by atoms with Crippen molar-refractivity contribution in [2.75, 3.05) is 41.3 Å². The molecule has 3 aromatic heterocycles. The Morgan fingerprint density at radius 3 is 2.35 bits per heavy atom. The third kappa shape index (κ3) is 5.07. The number of ketones is 1. The molecule has 1 aliphatic rings. The number of aromatic nitrogens is 2. The first-order chi connectivity index (χ1) is 17.9. The highest BCUT2D eigenvalue weighted by atomic mass is 16.2. The van der Waals surface area contributed by atoms with Gasteiger partial charge in [-0.3, -0.25) is 9.59 Å². The number of carbonyl (C=O) groups excluding carboxylic acids is 2. The molecule has 37 heavy (non-hydrogen) atoms. The van der Waals surface area contributed by atoms with E-state index in [0.29, 0.717) is 11.4 Å². The van der Waals surface area contributed by atoms with E-state index in [0.717, 1.165) is 60.9 Å². The van der Waals surface area contributed by atoms with Gasteiger partial charge in [-0.05, 0) is 72.5 Å². The molecule has 0 spiro atoms. The van der Waals surface area contributed by atoms with Crippen LogP contribution in [0.5, 0.6) is 0 Å². The van der Waals surface area contributed by atoms with Crippen LogP contribution < -0.4 is 15.1 Å². The molecule has 1 aromatic carbocycles. The van der Waals surface area contributed by atoms with E-state index in [1.54, 1.807) is 4.40 Å². The van der Waals surface area contributed by atoms with E-state index in [-0.39, 0.29) is 5.92 Å². The Balaban J connectivity index is 1.23. The minimum atomic E-state index is -0.631. The van der Waals surface area contributed by atoms with Gasteiger partial charge in [-0.25, -0.2) is 4.98 Å². The number of fused-ring (bicyclic) bond motifs is 1. The third-order valence-corrected chi connectivity index (χ3v) is 7.00. The van der Waals surface area contributed by atoms with Gasteiger partial charge < -0.3 is 19.5 Å². The predicted molar refractivity (Wildman–Crippen MR) is 149 cm³/mol. The summed E-state index contributed by atoms with van der Waals surface area (Å²) in [6.07, 6.45) is 2.76. The van der Waals surface area contributed by atoms with E-state index < -0.39 is 11.7 Å². The van der Waals surface area contributed by atoms with Crippen LogP contribution in [-0.4, -0.2) is 47.3 Å². The molecule has 7 nitrogen and oxygen atoms in total. The Morgan fingerprint density at radius 2 is 1.65 bits per heavy atom. The Kier molecular flexibility index (Phi) is 6.95. The number of anilines is 3. The number of benzene rings is 1. The van der Waals surface area contributed by atoms with Crippen LogP contribution in [0.2, 0.25) is 0 Å². The monoisotopic (exact) mass is 495 g/mol. The third-order valence-electron chi connectivity index (χ3n) is 7.00. The van der Waals surface area contributed by atoms with Gasteiger partial charge >= 0.3 is 0 Å². The van der Waals surface area contributed by atoms with Crippen LogP contribution in [0.4, 0.5) is 17.2 Å². The molecule has 7 heteroatoms. The lowest BCUT2D eigenvalue weighted by Crippen LogP contribution is -2.46. The molecule has 190 valence electrons. The minimum Gasteiger partial charge on any atom is -0.368 e. The highest BCUT2D eigenvalue weighted by Gasteiger charge is 2.25. The molecule has 4 heterocycles. The van der Waals surface area contributed by atoms with Gasteiger partial charge in [0.25, 0.3) is 11.7 Å². The molecule has 4 aromatic rings. The standard InChI is InChI=1S/C30H33N5O2/c1-4-22-8-7-10-27(31-22)34-18-16-33(17-19-34)24-13-11-23(12-14-24)32-30(37)29(36)28-26(21(2)3)20-25-9-5-6-15-35(25)28/h5-15,20-21H,4,16-19H2,1-3H3,(H,32,37). The summed E-state index contributed by atoms with van der Waals surface area (Å²) in [5.41, 5.74) is 5.02. The molecule has 0 unspecified atom stereocenters. The van der Waals surface area contributed by atoms with E-state index in [1.165, 1.54) is 0 Å². The lowest BCUT2D eigenvalue weighted by Gasteiger charge is -2.37. The number of aryl methyl sites for hydroxylation is 1. The number of pyridine rings is 2. The summed E-state index contributed by atoms with van der Waals surface area (Å²) in [7, 11) is 0. The number of nitrogens with zero attached hydrogens (tertiary/aromatic N) is 4. The van der Waals surface area contributed by atoms with Crippen molar-refractivity contribution in [2.45, 2.75) is 33.1 Å². The van der Waals surface area contributed by atoms with E-state index in [1.807, 2.05) is 68.6 Å². The van der Waals surface area contributed by atoms with E-state index in [9.17, 15) is 9.59 Å². The van der Waals surface area contributed by atoms with E-state index in [2.05, 4.69) is 40.2 Å². The largest absolute Gasteiger partial charge is 0.368 e. The van der Waals surface area contributed by atoms with Gasteiger partial charge in [0, 0.05) is 55.0 Å². The first kappa shape index (κ1) is 24.6. The number of hydrogen-bond acceptors (Lipinski definition) is 5. The molecule has 1 amide bonds. The Labute approximate surface area is 217 Å². The highest BCUT2D eigenvalue weighted by molar-refractivity contribution is 6.46. The molecule has 1 fully saturated rings. The molecular weight excluding hydrogens is 462 g/mol. The summed E-state index contributed by atoms with van der Waals surface area (Å²) in [4.78, 5) is 35.5. The number of carbonyl (C=O) groups is 2. The van der Waals surface area contributed by atoms with Gasteiger partial charge in [0.1, 0.15) is 11.5 Å².